The molecule has 1 aliphatic heterocycles. The van der Waals surface area contributed by atoms with E-state index in [0.29, 0.717) is 34.1 Å². The number of thiazole rings is 1. The van der Waals surface area contributed by atoms with Gasteiger partial charge in [0.15, 0.2) is 6.29 Å². The number of fused-ring (bicyclic) bond motifs is 1. The van der Waals surface area contributed by atoms with Crippen molar-refractivity contribution < 1.29 is 14.4 Å². The molecule has 132 valence electrons. The zero-order chi connectivity index (χ0) is 18.4. The smallest absolute Gasteiger partial charge is 0.270 e. The molecule has 1 aliphatic rings. The standard InChI is InChI=1S/C14H13N5O3S.CH5N/c1-7(14-15-4-8(5-20)23-14)18-13(22)11-9-2-3-10(21)19-12(9)17-6-16-11;1-2/h4-7H,2-3H2,1H3,(H,18,22)(H,16,17,19,21);2H2,1H3. The molecule has 25 heavy (non-hydrogen) atoms. The van der Waals surface area contributed by atoms with Crippen LogP contribution in [0.4, 0.5) is 5.82 Å². The Balaban J connectivity index is 0.00000109. The summed E-state index contributed by atoms with van der Waals surface area (Å²) < 4.78 is 0. The molecule has 1 unspecified atom stereocenters. The largest absolute Gasteiger partial charge is 0.342 e. The van der Waals surface area contributed by atoms with Crippen molar-refractivity contribution in [3.05, 3.63) is 33.7 Å². The van der Waals surface area contributed by atoms with Crippen molar-refractivity contribution in [3.8, 4) is 0 Å². The van der Waals surface area contributed by atoms with Crippen LogP contribution in [0.2, 0.25) is 0 Å². The first-order chi connectivity index (χ1) is 12.1. The third-order valence-electron chi connectivity index (χ3n) is 3.40. The van der Waals surface area contributed by atoms with E-state index in [1.807, 2.05) is 0 Å². The zero-order valence-electron chi connectivity index (χ0n) is 13.8. The van der Waals surface area contributed by atoms with Crippen molar-refractivity contribution >= 4 is 35.3 Å². The van der Waals surface area contributed by atoms with Gasteiger partial charge in [-0.3, -0.25) is 14.4 Å². The van der Waals surface area contributed by atoms with Gasteiger partial charge in [0.1, 0.15) is 22.8 Å². The van der Waals surface area contributed by atoms with Crippen LogP contribution in [0.1, 0.15) is 50.1 Å². The molecule has 0 radical (unpaired) electrons. The molecule has 3 rings (SSSR count). The predicted molar refractivity (Wildman–Crippen MR) is 92.5 cm³/mol. The zero-order valence-corrected chi connectivity index (χ0v) is 14.6. The third kappa shape index (κ3) is 4.22. The Morgan fingerprint density at radius 2 is 2.12 bits per heavy atom. The van der Waals surface area contributed by atoms with Crippen molar-refractivity contribution in [3.63, 3.8) is 0 Å². The Morgan fingerprint density at radius 1 is 1.36 bits per heavy atom. The molecule has 2 aromatic rings. The van der Waals surface area contributed by atoms with Crippen molar-refractivity contribution in [2.45, 2.75) is 25.8 Å². The van der Waals surface area contributed by atoms with Gasteiger partial charge in [-0.2, -0.15) is 0 Å². The van der Waals surface area contributed by atoms with Crippen molar-refractivity contribution in [1.29, 1.82) is 0 Å². The molecule has 4 N–H and O–H groups in total. The highest BCUT2D eigenvalue weighted by molar-refractivity contribution is 7.13. The monoisotopic (exact) mass is 362 g/mol. The van der Waals surface area contributed by atoms with E-state index in [1.165, 1.54) is 30.9 Å². The maximum absolute atomic E-state index is 12.5. The van der Waals surface area contributed by atoms with Gasteiger partial charge in [0.05, 0.1) is 10.9 Å². The van der Waals surface area contributed by atoms with Crippen molar-refractivity contribution in [1.82, 2.24) is 20.3 Å². The summed E-state index contributed by atoms with van der Waals surface area (Å²) in [5.74, 6) is -0.109. The second-order valence-corrected chi connectivity index (χ2v) is 6.11. The number of carbonyl (C=O) groups excluding carboxylic acids is 3. The van der Waals surface area contributed by atoms with Crippen LogP contribution >= 0.6 is 11.3 Å². The summed E-state index contributed by atoms with van der Waals surface area (Å²) in [5.41, 5.74) is 5.37. The number of nitrogens with zero attached hydrogens (tertiary/aromatic N) is 3. The molecule has 3 heterocycles. The molecule has 0 fully saturated rings. The molecule has 9 nitrogen and oxygen atoms in total. The number of hydrogen-bond acceptors (Lipinski definition) is 8. The Bertz CT molecular complexity index is 791. The van der Waals surface area contributed by atoms with Gasteiger partial charge in [-0.05, 0) is 20.4 Å². The highest BCUT2D eigenvalue weighted by Crippen LogP contribution is 2.23. The number of aromatic nitrogens is 3. The molecule has 0 saturated carbocycles. The number of carbonyl (C=O) groups is 3. The number of hydrogen-bond donors (Lipinski definition) is 3. The van der Waals surface area contributed by atoms with Crippen LogP contribution in [0.3, 0.4) is 0 Å². The van der Waals surface area contributed by atoms with Gasteiger partial charge >= 0.3 is 0 Å². The molecule has 0 bridgehead atoms. The Morgan fingerprint density at radius 3 is 2.80 bits per heavy atom. The fourth-order valence-corrected chi connectivity index (χ4v) is 3.00. The van der Waals surface area contributed by atoms with Crippen LogP contribution in [-0.4, -0.2) is 40.1 Å². The topological polar surface area (TPSA) is 140 Å². The summed E-state index contributed by atoms with van der Waals surface area (Å²) in [6, 6.07) is -0.356. The van der Waals surface area contributed by atoms with Gasteiger partial charge in [0.2, 0.25) is 5.91 Å². The minimum atomic E-state index is -0.366. The van der Waals surface area contributed by atoms with Crippen LogP contribution in [-0.2, 0) is 11.2 Å². The molecule has 2 amide bonds. The first-order valence-corrected chi connectivity index (χ1v) is 8.33. The second-order valence-electron chi connectivity index (χ2n) is 5.01. The lowest BCUT2D eigenvalue weighted by Gasteiger charge is -2.18. The fourth-order valence-electron chi connectivity index (χ4n) is 2.27. The summed E-state index contributed by atoms with van der Waals surface area (Å²) in [7, 11) is 1.50. The lowest BCUT2D eigenvalue weighted by Crippen LogP contribution is -2.30. The van der Waals surface area contributed by atoms with Gasteiger partial charge < -0.3 is 16.4 Å². The minimum absolute atomic E-state index is 0.125. The number of amides is 2. The van der Waals surface area contributed by atoms with Crippen LogP contribution in [0, 0.1) is 0 Å². The Labute approximate surface area is 148 Å². The molecule has 0 aliphatic carbocycles. The van der Waals surface area contributed by atoms with Crippen LogP contribution in [0.15, 0.2) is 12.5 Å². The van der Waals surface area contributed by atoms with Gasteiger partial charge in [0.25, 0.3) is 5.91 Å². The Kier molecular flexibility index (Phi) is 6.25. The van der Waals surface area contributed by atoms with Crippen LogP contribution in [0.25, 0.3) is 0 Å². The number of rotatable bonds is 4. The molecule has 0 spiro atoms. The molecule has 0 saturated heterocycles. The van der Waals surface area contributed by atoms with Gasteiger partial charge in [0, 0.05) is 18.2 Å². The molecular formula is C15H18N6O3S. The number of anilines is 1. The van der Waals surface area contributed by atoms with Crippen LogP contribution < -0.4 is 16.4 Å². The van der Waals surface area contributed by atoms with Crippen molar-refractivity contribution in [2.75, 3.05) is 12.4 Å². The van der Waals surface area contributed by atoms with E-state index >= 15 is 0 Å². The maximum Gasteiger partial charge on any atom is 0.270 e. The molecule has 2 aromatic heterocycles. The normalized spacial score (nSPS) is 13.6. The number of aldehydes is 1. The average molecular weight is 362 g/mol. The number of nitrogens with one attached hydrogen (secondary N) is 2. The van der Waals surface area contributed by atoms with Gasteiger partial charge in [-0.1, -0.05) is 0 Å². The quantitative estimate of drug-likeness (QED) is 0.680. The third-order valence-corrected chi connectivity index (χ3v) is 4.50. The van der Waals surface area contributed by atoms with Gasteiger partial charge in [-0.15, -0.1) is 11.3 Å². The van der Waals surface area contributed by atoms with Gasteiger partial charge in [-0.25, -0.2) is 15.0 Å². The molecule has 10 heteroatoms. The summed E-state index contributed by atoms with van der Waals surface area (Å²) in [6.07, 6.45) is 4.16. The first-order valence-electron chi connectivity index (χ1n) is 7.51. The van der Waals surface area contributed by atoms with Crippen LogP contribution in [0.5, 0.6) is 0 Å². The molecular weight excluding hydrogens is 344 g/mol. The molecule has 0 aromatic carbocycles. The van der Waals surface area contributed by atoms with E-state index in [0.717, 1.165) is 6.29 Å². The number of nitrogens with two attached hydrogens (primary N) is 1. The highest BCUT2D eigenvalue weighted by atomic mass is 32.1. The lowest BCUT2D eigenvalue weighted by molar-refractivity contribution is -0.116. The second kappa shape index (κ2) is 8.40. The average Bonchev–Trinajstić information content (AvgIpc) is 3.12. The fraction of sp³-hybridized carbons (Fsp3) is 0.333. The molecule has 1 atom stereocenters. The van der Waals surface area contributed by atoms with Crippen molar-refractivity contribution in [2.24, 2.45) is 5.73 Å². The maximum atomic E-state index is 12.5. The summed E-state index contributed by atoms with van der Waals surface area (Å²) in [4.78, 5) is 47.2. The Hall–Kier alpha value is -2.72. The summed E-state index contributed by atoms with van der Waals surface area (Å²) >= 11 is 1.22. The summed E-state index contributed by atoms with van der Waals surface area (Å²) in [6.45, 7) is 1.78. The van der Waals surface area contributed by atoms with E-state index in [-0.39, 0.29) is 23.6 Å². The van der Waals surface area contributed by atoms with E-state index in [1.54, 1.807) is 6.92 Å². The lowest BCUT2D eigenvalue weighted by atomic mass is 10.0. The predicted octanol–water partition coefficient (Wildman–Crippen LogP) is 0.696. The van der Waals surface area contributed by atoms with E-state index < -0.39 is 0 Å². The van der Waals surface area contributed by atoms with E-state index in [4.69, 9.17) is 0 Å². The SMILES string of the molecule is CC(NC(=O)c1ncnc2c1CCC(=O)N2)c1ncc(C=O)s1.CN. The summed E-state index contributed by atoms with van der Waals surface area (Å²) in [5, 5.41) is 6.07. The van der Waals surface area contributed by atoms with E-state index in [9.17, 15) is 14.4 Å². The minimum Gasteiger partial charge on any atom is -0.342 e. The first kappa shape index (κ1) is 18.6. The van der Waals surface area contributed by atoms with E-state index in [2.05, 4.69) is 31.3 Å². The highest BCUT2D eigenvalue weighted by Gasteiger charge is 2.24.